The van der Waals surface area contributed by atoms with E-state index in [1.165, 1.54) is 6.20 Å². The van der Waals surface area contributed by atoms with Crippen molar-refractivity contribution in [3.8, 4) is 0 Å². The second-order valence-electron chi connectivity index (χ2n) is 6.07. The zero-order valence-corrected chi connectivity index (χ0v) is 15.6. The van der Waals surface area contributed by atoms with Gasteiger partial charge in [0, 0.05) is 10.6 Å². The summed E-state index contributed by atoms with van der Waals surface area (Å²) in [5.41, 5.74) is 1.60. The van der Waals surface area contributed by atoms with E-state index in [0.717, 1.165) is 0 Å². The van der Waals surface area contributed by atoms with Gasteiger partial charge in [0.15, 0.2) is 0 Å². The molecular weight excluding hydrogens is 378 g/mol. The quantitative estimate of drug-likeness (QED) is 0.587. The summed E-state index contributed by atoms with van der Waals surface area (Å²) >= 11 is 5.81. The van der Waals surface area contributed by atoms with Crippen LogP contribution >= 0.6 is 11.6 Å². The van der Waals surface area contributed by atoms with E-state index in [0.29, 0.717) is 27.7 Å². The summed E-state index contributed by atoms with van der Waals surface area (Å²) in [6.45, 7) is 0. The van der Waals surface area contributed by atoms with Crippen LogP contribution in [0.25, 0.3) is 0 Å². The Morgan fingerprint density at radius 1 is 0.964 bits per heavy atom. The zero-order valence-electron chi connectivity index (χ0n) is 14.8. The van der Waals surface area contributed by atoms with Gasteiger partial charge in [0.1, 0.15) is 5.82 Å². The molecule has 6 nitrogen and oxygen atoms in total. The van der Waals surface area contributed by atoms with E-state index in [4.69, 9.17) is 11.6 Å². The van der Waals surface area contributed by atoms with Crippen LogP contribution < -0.4 is 10.6 Å². The van der Waals surface area contributed by atoms with Crippen molar-refractivity contribution in [3.63, 3.8) is 0 Å². The number of hydrogen-bond acceptors (Lipinski definition) is 4. The lowest BCUT2D eigenvalue weighted by atomic mass is 10.1. The van der Waals surface area contributed by atoms with E-state index >= 15 is 0 Å². The lowest BCUT2D eigenvalue weighted by molar-refractivity contribution is -0.118. The lowest BCUT2D eigenvalue weighted by Crippen LogP contribution is -2.16. The van der Waals surface area contributed by atoms with Gasteiger partial charge in [0.05, 0.1) is 24.4 Å². The molecule has 1 heterocycles. The smallest absolute Gasteiger partial charge is 0.256 e. The van der Waals surface area contributed by atoms with Crippen molar-refractivity contribution in [3.05, 3.63) is 89.1 Å². The van der Waals surface area contributed by atoms with Crippen molar-refractivity contribution in [2.24, 2.45) is 0 Å². The topological polar surface area (TPSA) is 91.3 Å². The third kappa shape index (κ3) is 5.39. The molecule has 1 unspecified atom stereocenters. The normalized spacial score (nSPS) is 11.5. The van der Waals surface area contributed by atoms with Crippen LogP contribution in [0.4, 0.5) is 11.5 Å². The molecule has 28 heavy (non-hydrogen) atoms. The fourth-order valence-electron chi connectivity index (χ4n) is 2.51. The van der Waals surface area contributed by atoms with Crippen molar-refractivity contribution < 1.29 is 14.7 Å². The highest BCUT2D eigenvalue weighted by Gasteiger charge is 2.13. The van der Waals surface area contributed by atoms with Crippen LogP contribution in [0.5, 0.6) is 0 Å². The number of carbonyl (C=O) groups excluding carboxylic acids is 2. The number of amides is 2. The zero-order chi connectivity index (χ0) is 19.9. The lowest BCUT2D eigenvalue weighted by Gasteiger charge is -2.11. The predicted octanol–water partition coefficient (Wildman–Crippen LogP) is 4.05. The average Bonchev–Trinajstić information content (AvgIpc) is 2.70. The highest BCUT2D eigenvalue weighted by atomic mass is 35.5. The third-order valence-electron chi connectivity index (χ3n) is 3.96. The second kappa shape index (κ2) is 9.12. The molecule has 0 aliphatic heterocycles. The van der Waals surface area contributed by atoms with Gasteiger partial charge in [-0.1, -0.05) is 41.9 Å². The number of aliphatic hydroxyl groups excluding tert-OH is 1. The minimum Gasteiger partial charge on any atom is -0.388 e. The third-order valence-corrected chi connectivity index (χ3v) is 4.21. The van der Waals surface area contributed by atoms with Crippen molar-refractivity contribution in [2.75, 3.05) is 10.6 Å². The molecule has 0 aliphatic rings. The van der Waals surface area contributed by atoms with E-state index in [1.54, 1.807) is 60.7 Å². The Morgan fingerprint density at radius 2 is 1.68 bits per heavy atom. The molecule has 3 N–H and O–H groups in total. The molecule has 0 fully saturated rings. The number of nitrogens with zero attached hydrogens (tertiary/aromatic N) is 1. The van der Waals surface area contributed by atoms with Crippen molar-refractivity contribution in [2.45, 2.75) is 12.5 Å². The van der Waals surface area contributed by atoms with E-state index in [2.05, 4.69) is 15.6 Å². The SMILES string of the molecule is O=C(CC(O)c1ccc(Cl)cc1)Nc1ccc(NC(=O)c2ccccc2)nc1. The first-order valence-electron chi connectivity index (χ1n) is 8.57. The number of nitrogens with one attached hydrogen (secondary N) is 2. The fraction of sp³-hybridized carbons (Fsp3) is 0.0952. The maximum absolute atomic E-state index is 12.1. The van der Waals surface area contributed by atoms with Crippen molar-refractivity contribution in [1.29, 1.82) is 0 Å². The summed E-state index contributed by atoms with van der Waals surface area (Å²) in [5, 5.41) is 16.1. The fourth-order valence-corrected chi connectivity index (χ4v) is 2.64. The minimum absolute atomic E-state index is 0.103. The minimum atomic E-state index is -0.936. The van der Waals surface area contributed by atoms with Crippen LogP contribution in [-0.4, -0.2) is 21.9 Å². The molecule has 0 bridgehead atoms. The first kappa shape index (κ1) is 19.5. The Balaban J connectivity index is 1.54. The molecule has 7 heteroatoms. The van der Waals surface area contributed by atoms with Gasteiger partial charge < -0.3 is 15.7 Å². The van der Waals surface area contributed by atoms with Gasteiger partial charge in [-0.05, 0) is 42.0 Å². The molecule has 0 saturated carbocycles. The van der Waals surface area contributed by atoms with E-state index < -0.39 is 6.10 Å². The monoisotopic (exact) mass is 395 g/mol. The van der Waals surface area contributed by atoms with Gasteiger partial charge >= 0.3 is 0 Å². The van der Waals surface area contributed by atoms with E-state index in [9.17, 15) is 14.7 Å². The summed E-state index contributed by atoms with van der Waals surface area (Å²) in [5.74, 6) is -0.255. The number of halogens is 1. The largest absolute Gasteiger partial charge is 0.388 e. The Labute approximate surface area is 167 Å². The number of carbonyl (C=O) groups is 2. The standard InChI is InChI=1S/C21H18ClN3O3/c22-16-8-6-14(7-9-16)18(26)12-20(27)24-17-10-11-19(23-13-17)25-21(28)15-4-2-1-3-5-15/h1-11,13,18,26H,12H2,(H,24,27)(H,23,25,28). The summed E-state index contributed by atoms with van der Waals surface area (Å²) < 4.78 is 0. The molecule has 0 aliphatic carbocycles. The first-order chi connectivity index (χ1) is 13.5. The maximum Gasteiger partial charge on any atom is 0.256 e. The molecule has 1 atom stereocenters. The van der Waals surface area contributed by atoms with Gasteiger partial charge in [-0.3, -0.25) is 9.59 Å². The summed E-state index contributed by atoms with van der Waals surface area (Å²) in [6, 6.07) is 18.7. The predicted molar refractivity (Wildman–Crippen MR) is 108 cm³/mol. The Bertz CT molecular complexity index is 945. The Hall–Kier alpha value is -3.22. The number of hydrogen-bond donors (Lipinski definition) is 3. The highest BCUT2D eigenvalue weighted by Crippen LogP contribution is 2.20. The molecule has 2 aromatic carbocycles. The molecule has 0 saturated heterocycles. The van der Waals surface area contributed by atoms with Crippen molar-refractivity contribution in [1.82, 2.24) is 4.98 Å². The van der Waals surface area contributed by atoms with Gasteiger partial charge in [-0.2, -0.15) is 0 Å². The molecule has 3 aromatic rings. The van der Waals surface area contributed by atoms with Crippen LogP contribution in [0.3, 0.4) is 0 Å². The van der Waals surface area contributed by atoms with E-state index in [1.807, 2.05) is 6.07 Å². The van der Waals surface area contributed by atoms with Crippen molar-refractivity contribution >= 4 is 34.9 Å². The number of benzene rings is 2. The number of rotatable bonds is 6. The molecule has 2 amide bonds. The number of aromatic nitrogens is 1. The molecule has 3 rings (SSSR count). The number of anilines is 2. The first-order valence-corrected chi connectivity index (χ1v) is 8.95. The number of pyridine rings is 1. The molecule has 142 valence electrons. The summed E-state index contributed by atoms with van der Waals surface area (Å²) in [4.78, 5) is 28.3. The van der Waals surface area contributed by atoms with Gasteiger partial charge in [-0.15, -0.1) is 0 Å². The second-order valence-corrected chi connectivity index (χ2v) is 6.51. The number of aliphatic hydroxyl groups is 1. The van der Waals surface area contributed by atoms with Crippen LogP contribution in [-0.2, 0) is 4.79 Å². The molecule has 0 radical (unpaired) electrons. The van der Waals surface area contributed by atoms with Crippen LogP contribution in [0, 0.1) is 0 Å². The van der Waals surface area contributed by atoms with Crippen LogP contribution in [0.15, 0.2) is 72.9 Å². The highest BCUT2D eigenvalue weighted by molar-refractivity contribution is 6.30. The maximum atomic E-state index is 12.1. The summed E-state index contributed by atoms with van der Waals surface area (Å²) in [6.07, 6.45) is 0.399. The van der Waals surface area contributed by atoms with Crippen LogP contribution in [0.2, 0.25) is 5.02 Å². The Morgan fingerprint density at radius 3 is 2.32 bits per heavy atom. The molecule has 1 aromatic heterocycles. The average molecular weight is 396 g/mol. The Kier molecular flexibility index (Phi) is 6.37. The van der Waals surface area contributed by atoms with Gasteiger partial charge in [0.25, 0.3) is 5.91 Å². The molecule has 0 spiro atoms. The summed E-state index contributed by atoms with van der Waals surface area (Å²) in [7, 11) is 0. The van der Waals surface area contributed by atoms with Gasteiger partial charge in [-0.25, -0.2) is 4.98 Å². The molecular formula is C21H18ClN3O3. The van der Waals surface area contributed by atoms with Crippen LogP contribution in [0.1, 0.15) is 28.4 Å². The van der Waals surface area contributed by atoms with Gasteiger partial charge in [0.2, 0.25) is 5.91 Å². The van der Waals surface area contributed by atoms with E-state index in [-0.39, 0.29) is 18.2 Å².